The van der Waals surface area contributed by atoms with Gasteiger partial charge in [0.15, 0.2) is 0 Å². The standard InChI is InChI=1S/C15H26N2O3/c1-10-7-13(14(18)19)9-17(8-10)15(20)16-11(2)12-5-3-4-6-12/h10-13H,3-9H2,1-2H3,(H,16,20)(H,18,19)/t10?,11-,13?/m1/s1. The number of nitrogens with one attached hydrogen (secondary N) is 1. The molecule has 5 nitrogen and oxygen atoms in total. The van der Waals surface area contributed by atoms with Gasteiger partial charge in [0, 0.05) is 19.1 Å². The predicted octanol–water partition coefficient (Wildman–Crippen LogP) is 2.32. The number of carboxylic acid groups (broad SMARTS) is 1. The maximum Gasteiger partial charge on any atom is 0.317 e. The third-order valence-corrected chi connectivity index (χ3v) is 4.75. The van der Waals surface area contributed by atoms with Gasteiger partial charge in [0.05, 0.1) is 5.92 Å². The highest BCUT2D eigenvalue weighted by molar-refractivity contribution is 5.76. The molecule has 1 aliphatic carbocycles. The Bertz CT molecular complexity index is 366. The molecule has 114 valence electrons. The number of carboxylic acids is 1. The number of aliphatic carboxylic acids is 1. The lowest BCUT2D eigenvalue weighted by molar-refractivity contribution is -0.143. The van der Waals surface area contributed by atoms with Gasteiger partial charge in [-0.15, -0.1) is 0 Å². The summed E-state index contributed by atoms with van der Waals surface area (Å²) in [5.74, 6) is -0.390. The SMILES string of the molecule is CC1CC(C(=O)O)CN(C(=O)N[C@H](C)C2CCCC2)C1. The second-order valence-corrected chi connectivity index (χ2v) is 6.56. The van der Waals surface area contributed by atoms with Gasteiger partial charge in [-0.2, -0.15) is 0 Å². The number of carbonyl (C=O) groups is 2. The van der Waals surface area contributed by atoms with Crippen molar-refractivity contribution < 1.29 is 14.7 Å². The Labute approximate surface area is 120 Å². The summed E-state index contributed by atoms with van der Waals surface area (Å²) in [4.78, 5) is 25.1. The van der Waals surface area contributed by atoms with E-state index in [2.05, 4.69) is 12.2 Å². The minimum Gasteiger partial charge on any atom is -0.481 e. The number of carbonyl (C=O) groups excluding carboxylic acids is 1. The van der Waals surface area contributed by atoms with Crippen molar-refractivity contribution in [2.75, 3.05) is 13.1 Å². The van der Waals surface area contributed by atoms with Crippen molar-refractivity contribution in [3.8, 4) is 0 Å². The summed E-state index contributed by atoms with van der Waals surface area (Å²) >= 11 is 0. The van der Waals surface area contributed by atoms with Crippen LogP contribution in [0.2, 0.25) is 0 Å². The van der Waals surface area contributed by atoms with Crippen LogP contribution in [-0.4, -0.2) is 41.1 Å². The molecule has 5 heteroatoms. The largest absolute Gasteiger partial charge is 0.481 e. The number of piperidine rings is 1. The van der Waals surface area contributed by atoms with Crippen LogP contribution in [0.15, 0.2) is 0 Å². The van der Waals surface area contributed by atoms with Gasteiger partial charge in [-0.25, -0.2) is 4.79 Å². The first-order valence-corrected chi connectivity index (χ1v) is 7.75. The Hall–Kier alpha value is -1.26. The quantitative estimate of drug-likeness (QED) is 0.834. The minimum absolute atomic E-state index is 0.0952. The van der Waals surface area contributed by atoms with E-state index < -0.39 is 11.9 Å². The summed E-state index contributed by atoms with van der Waals surface area (Å²) in [5.41, 5.74) is 0. The topological polar surface area (TPSA) is 69.6 Å². The van der Waals surface area contributed by atoms with Crippen LogP contribution in [-0.2, 0) is 4.79 Å². The molecule has 0 bridgehead atoms. The van der Waals surface area contributed by atoms with E-state index in [-0.39, 0.29) is 18.0 Å². The van der Waals surface area contributed by atoms with Gasteiger partial charge in [-0.3, -0.25) is 4.79 Å². The monoisotopic (exact) mass is 282 g/mol. The summed E-state index contributed by atoms with van der Waals surface area (Å²) in [6, 6.07) is 0.0905. The van der Waals surface area contributed by atoms with E-state index in [4.69, 9.17) is 5.11 Å². The van der Waals surface area contributed by atoms with Crippen molar-refractivity contribution in [1.82, 2.24) is 10.2 Å². The fourth-order valence-electron chi connectivity index (χ4n) is 3.56. The average Bonchev–Trinajstić information content (AvgIpc) is 2.91. The van der Waals surface area contributed by atoms with Crippen LogP contribution in [0.25, 0.3) is 0 Å². The Morgan fingerprint density at radius 2 is 1.90 bits per heavy atom. The molecule has 1 saturated heterocycles. The van der Waals surface area contributed by atoms with E-state index in [9.17, 15) is 9.59 Å². The molecule has 0 spiro atoms. The Kier molecular flexibility index (Phi) is 4.89. The van der Waals surface area contributed by atoms with Crippen LogP contribution in [0, 0.1) is 17.8 Å². The molecule has 2 rings (SSSR count). The molecule has 2 aliphatic rings. The van der Waals surface area contributed by atoms with E-state index in [0.29, 0.717) is 25.4 Å². The number of nitrogens with zero attached hydrogens (tertiary/aromatic N) is 1. The number of hydrogen-bond donors (Lipinski definition) is 2. The maximum absolute atomic E-state index is 12.3. The molecular formula is C15H26N2O3. The first kappa shape index (κ1) is 15.1. The Balaban J connectivity index is 1.88. The number of amides is 2. The highest BCUT2D eigenvalue weighted by Gasteiger charge is 2.33. The average molecular weight is 282 g/mol. The summed E-state index contributed by atoms with van der Waals surface area (Å²) in [6.07, 6.45) is 5.56. The van der Waals surface area contributed by atoms with Crippen molar-refractivity contribution in [3.63, 3.8) is 0 Å². The minimum atomic E-state index is -0.793. The van der Waals surface area contributed by atoms with Crippen LogP contribution < -0.4 is 5.32 Å². The molecular weight excluding hydrogens is 256 g/mol. The first-order valence-electron chi connectivity index (χ1n) is 7.75. The van der Waals surface area contributed by atoms with Crippen molar-refractivity contribution in [3.05, 3.63) is 0 Å². The highest BCUT2D eigenvalue weighted by Crippen LogP contribution is 2.28. The van der Waals surface area contributed by atoms with Crippen LogP contribution in [0.1, 0.15) is 46.0 Å². The third-order valence-electron chi connectivity index (χ3n) is 4.75. The normalized spacial score (nSPS) is 29.2. The summed E-state index contributed by atoms with van der Waals surface area (Å²) in [5, 5.41) is 12.2. The van der Waals surface area contributed by atoms with E-state index in [0.717, 1.165) is 0 Å². The fraction of sp³-hybridized carbons (Fsp3) is 0.867. The molecule has 2 amide bonds. The van der Waals surface area contributed by atoms with E-state index in [1.807, 2.05) is 6.92 Å². The summed E-state index contributed by atoms with van der Waals surface area (Å²) in [6.45, 7) is 5.07. The predicted molar refractivity (Wildman–Crippen MR) is 76.4 cm³/mol. The third kappa shape index (κ3) is 3.64. The molecule has 2 N–H and O–H groups in total. The van der Waals surface area contributed by atoms with Crippen LogP contribution in [0.4, 0.5) is 4.79 Å². The zero-order valence-corrected chi connectivity index (χ0v) is 12.5. The van der Waals surface area contributed by atoms with E-state index >= 15 is 0 Å². The molecule has 2 unspecified atom stereocenters. The molecule has 1 aliphatic heterocycles. The van der Waals surface area contributed by atoms with Gasteiger partial charge in [-0.1, -0.05) is 19.8 Å². The number of urea groups is 1. The first-order chi connectivity index (χ1) is 9.47. The summed E-state index contributed by atoms with van der Waals surface area (Å²) < 4.78 is 0. The van der Waals surface area contributed by atoms with Crippen LogP contribution in [0.5, 0.6) is 0 Å². The van der Waals surface area contributed by atoms with Crippen molar-refractivity contribution in [2.24, 2.45) is 17.8 Å². The van der Waals surface area contributed by atoms with Crippen molar-refractivity contribution >= 4 is 12.0 Å². The van der Waals surface area contributed by atoms with Crippen molar-refractivity contribution in [1.29, 1.82) is 0 Å². The summed E-state index contributed by atoms with van der Waals surface area (Å²) in [7, 11) is 0. The van der Waals surface area contributed by atoms with E-state index in [1.165, 1.54) is 25.7 Å². The zero-order chi connectivity index (χ0) is 14.7. The smallest absolute Gasteiger partial charge is 0.317 e. The Morgan fingerprint density at radius 3 is 2.50 bits per heavy atom. The number of likely N-dealkylation sites (tertiary alicyclic amines) is 1. The van der Waals surface area contributed by atoms with Gasteiger partial charge < -0.3 is 15.3 Å². The molecule has 3 atom stereocenters. The highest BCUT2D eigenvalue weighted by atomic mass is 16.4. The molecule has 1 heterocycles. The lowest BCUT2D eigenvalue weighted by atomic mass is 9.90. The zero-order valence-electron chi connectivity index (χ0n) is 12.5. The number of hydrogen-bond acceptors (Lipinski definition) is 2. The molecule has 2 fully saturated rings. The van der Waals surface area contributed by atoms with Gasteiger partial charge in [0.2, 0.25) is 0 Å². The van der Waals surface area contributed by atoms with Gasteiger partial charge in [0.1, 0.15) is 0 Å². The molecule has 0 aromatic rings. The lowest BCUT2D eigenvalue weighted by Gasteiger charge is -2.35. The van der Waals surface area contributed by atoms with Gasteiger partial charge >= 0.3 is 12.0 Å². The van der Waals surface area contributed by atoms with Gasteiger partial charge in [-0.05, 0) is 38.0 Å². The molecule has 0 radical (unpaired) electrons. The van der Waals surface area contributed by atoms with Crippen molar-refractivity contribution in [2.45, 2.75) is 52.0 Å². The van der Waals surface area contributed by atoms with Gasteiger partial charge in [0.25, 0.3) is 0 Å². The van der Waals surface area contributed by atoms with E-state index in [1.54, 1.807) is 4.90 Å². The molecule has 0 aromatic carbocycles. The maximum atomic E-state index is 12.3. The molecule has 1 saturated carbocycles. The Morgan fingerprint density at radius 1 is 1.25 bits per heavy atom. The fourth-order valence-corrected chi connectivity index (χ4v) is 3.56. The number of rotatable bonds is 3. The second kappa shape index (κ2) is 6.46. The van der Waals surface area contributed by atoms with Crippen LogP contribution >= 0.6 is 0 Å². The lowest BCUT2D eigenvalue weighted by Crippen LogP contribution is -2.52. The second-order valence-electron chi connectivity index (χ2n) is 6.56. The molecule has 0 aromatic heterocycles. The van der Waals surface area contributed by atoms with Crippen LogP contribution in [0.3, 0.4) is 0 Å². The molecule has 20 heavy (non-hydrogen) atoms.